The van der Waals surface area contributed by atoms with Gasteiger partial charge in [-0.3, -0.25) is 0 Å². The molecule has 0 radical (unpaired) electrons. The summed E-state index contributed by atoms with van der Waals surface area (Å²) in [5.74, 6) is 0. The van der Waals surface area contributed by atoms with Gasteiger partial charge in [0.2, 0.25) is 0 Å². The van der Waals surface area contributed by atoms with Crippen LogP contribution in [-0.2, 0) is 25.7 Å². The highest BCUT2D eigenvalue weighted by molar-refractivity contribution is 6.06. The van der Waals surface area contributed by atoms with Gasteiger partial charge < -0.3 is 53.6 Å². The van der Waals surface area contributed by atoms with Crippen molar-refractivity contribution in [2.75, 3.05) is 66.2 Å². The molecule has 204 valence electrons. The Labute approximate surface area is 249 Å². The van der Waals surface area contributed by atoms with Crippen molar-refractivity contribution in [1.82, 2.24) is 0 Å². The summed E-state index contributed by atoms with van der Waals surface area (Å²) in [4.78, 5) is 7.25. The molecule has 0 atom stereocenters. The van der Waals surface area contributed by atoms with Crippen LogP contribution in [0.3, 0.4) is 0 Å². The van der Waals surface area contributed by atoms with E-state index in [2.05, 4.69) is 115 Å². The van der Waals surface area contributed by atoms with Gasteiger partial charge in [0.15, 0.2) is 0 Å². The summed E-state index contributed by atoms with van der Waals surface area (Å²) in [5.41, 5.74) is 11.6. The van der Waals surface area contributed by atoms with Crippen molar-refractivity contribution in [2.45, 2.75) is 25.7 Å². The number of benzene rings is 4. The Morgan fingerprint density at radius 3 is 1.00 bits per heavy atom. The van der Waals surface area contributed by atoms with E-state index in [1.165, 1.54) is 102 Å². The highest BCUT2D eigenvalue weighted by atomic mass is 79.9. The van der Waals surface area contributed by atoms with Gasteiger partial charge in [-0.25, -0.2) is 0 Å². The van der Waals surface area contributed by atoms with Crippen molar-refractivity contribution >= 4 is 44.3 Å². The lowest BCUT2D eigenvalue weighted by Gasteiger charge is -2.19. The maximum atomic E-state index is 2.32. The number of nitrogens with one attached hydrogen (secondary N) is 2. The predicted octanol–water partition coefficient (Wildman–Crippen LogP) is -2.43. The van der Waals surface area contributed by atoms with E-state index in [1.807, 2.05) is 0 Å². The van der Waals surface area contributed by atoms with Crippen molar-refractivity contribution < 1.29 is 43.8 Å². The van der Waals surface area contributed by atoms with E-state index in [-0.39, 0.29) is 34.0 Å². The van der Waals surface area contributed by atoms with Crippen LogP contribution < -0.4 is 53.6 Å². The van der Waals surface area contributed by atoms with E-state index >= 15 is 0 Å². The lowest BCUT2D eigenvalue weighted by molar-refractivity contribution is -0.785. The standard InChI is InChI=1S/2C16H20N2.2BrH/c2*1-17(2)13-9-7-11-5-6-12-8-10-14(18(3)4)16(13)15(11)12;;/h2*7-10H,5-6H2,1-4H3;2*1H. The number of hydrogen-bond donors (Lipinski definition) is 2. The second kappa shape index (κ2) is 12.0. The zero-order chi connectivity index (χ0) is 25.7. The minimum absolute atomic E-state index is 0. The molecular formula is C32H42Br2N4. The van der Waals surface area contributed by atoms with E-state index < -0.39 is 0 Å². The molecule has 0 bridgehead atoms. The summed E-state index contributed by atoms with van der Waals surface area (Å²) in [6.07, 6.45) is 4.80. The molecule has 6 rings (SSSR count). The lowest BCUT2D eigenvalue weighted by atomic mass is 10.0. The van der Waals surface area contributed by atoms with Crippen LogP contribution in [-0.4, -0.2) is 56.4 Å². The predicted molar refractivity (Wildman–Crippen MR) is 156 cm³/mol. The van der Waals surface area contributed by atoms with Crippen LogP contribution in [0.1, 0.15) is 22.3 Å². The summed E-state index contributed by atoms with van der Waals surface area (Å²) in [7, 11) is 17.4. The van der Waals surface area contributed by atoms with E-state index in [4.69, 9.17) is 0 Å². The summed E-state index contributed by atoms with van der Waals surface area (Å²) >= 11 is 0. The second-order valence-electron chi connectivity index (χ2n) is 11.3. The normalized spacial score (nSPS) is 12.9. The zero-order valence-electron chi connectivity index (χ0n) is 24.1. The molecule has 0 fully saturated rings. The molecule has 0 spiro atoms. The molecule has 2 N–H and O–H groups in total. The minimum atomic E-state index is 0. The molecular weight excluding hydrogens is 600 g/mol. The van der Waals surface area contributed by atoms with Gasteiger partial charge in [-0.2, -0.15) is 0 Å². The fourth-order valence-corrected chi connectivity index (χ4v) is 6.20. The third kappa shape index (κ3) is 5.21. The van der Waals surface area contributed by atoms with E-state index in [1.54, 1.807) is 0 Å². The average Bonchev–Trinajstić information content (AvgIpc) is 3.46. The molecule has 0 saturated heterocycles. The number of anilines is 2. The van der Waals surface area contributed by atoms with Gasteiger partial charge >= 0.3 is 0 Å². The van der Waals surface area contributed by atoms with Crippen molar-refractivity contribution in [3.8, 4) is 0 Å². The third-order valence-corrected chi connectivity index (χ3v) is 7.99. The van der Waals surface area contributed by atoms with Gasteiger partial charge in [-0.05, 0) is 70.8 Å². The fraction of sp³-hybridized carbons (Fsp3) is 0.375. The van der Waals surface area contributed by atoms with E-state index in [0.717, 1.165) is 0 Å². The van der Waals surface area contributed by atoms with E-state index in [0.29, 0.717) is 0 Å². The molecule has 0 unspecified atom stereocenters. The van der Waals surface area contributed by atoms with Crippen LogP contribution in [0.5, 0.6) is 0 Å². The Hall–Kier alpha value is -2.12. The zero-order valence-corrected chi connectivity index (χ0v) is 27.3. The number of rotatable bonds is 4. The van der Waals surface area contributed by atoms with Crippen LogP contribution >= 0.6 is 0 Å². The van der Waals surface area contributed by atoms with Gasteiger partial charge in [0.1, 0.15) is 11.4 Å². The molecule has 2 aliphatic carbocycles. The summed E-state index contributed by atoms with van der Waals surface area (Å²) in [6.45, 7) is 0. The highest BCUT2D eigenvalue weighted by Gasteiger charge is 2.23. The number of aryl methyl sites for hydroxylation is 4. The SMILES string of the molecule is CN(C)c1ccc2c3c(ccc([NH+](C)C)c13)CC2.CN(C)c1ccc2c3c(ccc([NH+](C)C)c13)CC2.[Br-].[Br-]. The van der Waals surface area contributed by atoms with Crippen molar-refractivity contribution in [3.05, 3.63) is 70.8 Å². The van der Waals surface area contributed by atoms with Crippen molar-refractivity contribution in [2.24, 2.45) is 0 Å². The third-order valence-electron chi connectivity index (χ3n) is 7.99. The van der Waals surface area contributed by atoms with Gasteiger partial charge in [-0.1, -0.05) is 24.3 Å². The first-order valence-electron chi connectivity index (χ1n) is 13.3. The second-order valence-corrected chi connectivity index (χ2v) is 11.3. The quantitative estimate of drug-likeness (QED) is 0.258. The van der Waals surface area contributed by atoms with Crippen LogP contribution in [0.25, 0.3) is 21.5 Å². The fourth-order valence-electron chi connectivity index (χ4n) is 6.20. The topological polar surface area (TPSA) is 15.4 Å². The Kier molecular flexibility index (Phi) is 9.57. The number of quaternary nitrogens is 2. The highest BCUT2D eigenvalue weighted by Crippen LogP contribution is 2.40. The Morgan fingerprint density at radius 1 is 0.447 bits per heavy atom. The number of halogens is 2. The van der Waals surface area contributed by atoms with Gasteiger partial charge in [0.05, 0.1) is 50.3 Å². The first-order chi connectivity index (χ1) is 17.2. The Bertz CT molecular complexity index is 1250. The lowest BCUT2D eigenvalue weighted by Crippen LogP contribution is -3.00. The molecule has 0 aliphatic heterocycles. The molecule has 0 saturated carbocycles. The summed E-state index contributed by atoms with van der Waals surface area (Å²) in [6, 6.07) is 18.4. The van der Waals surface area contributed by atoms with Crippen LogP contribution in [0.15, 0.2) is 48.5 Å². The Morgan fingerprint density at radius 2 is 0.737 bits per heavy atom. The first-order valence-corrected chi connectivity index (χ1v) is 13.3. The van der Waals surface area contributed by atoms with Gasteiger partial charge in [0.25, 0.3) is 0 Å². The minimum Gasteiger partial charge on any atom is -1.00 e. The number of hydrogen-bond acceptors (Lipinski definition) is 2. The van der Waals surface area contributed by atoms with Crippen LogP contribution in [0.2, 0.25) is 0 Å². The largest absolute Gasteiger partial charge is 1.00 e. The molecule has 4 nitrogen and oxygen atoms in total. The van der Waals surface area contributed by atoms with Crippen molar-refractivity contribution in [3.63, 3.8) is 0 Å². The molecule has 38 heavy (non-hydrogen) atoms. The monoisotopic (exact) mass is 640 g/mol. The van der Waals surface area contributed by atoms with Crippen LogP contribution in [0, 0.1) is 0 Å². The Balaban J connectivity index is 0.000000200. The smallest absolute Gasteiger partial charge is 0.140 e. The van der Waals surface area contributed by atoms with Gasteiger partial charge in [0, 0.05) is 40.3 Å². The molecule has 2 aliphatic rings. The molecule has 6 heteroatoms. The molecule has 0 aromatic heterocycles. The van der Waals surface area contributed by atoms with E-state index in [9.17, 15) is 0 Å². The first kappa shape index (κ1) is 30.4. The summed E-state index contributed by atoms with van der Waals surface area (Å²) in [5, 5.41) is 5.93. The maximum Gasteiger partial charge on any atom is 0.140 e. The number of nitrogens with zero attached hydrogens (tertiary/aromatic N) is 2. The maximum absolute atomic E-state index is 2.32. The summed E-state index contributed by atoms with van der Waals surface area (Å²) < 4.78 is 0. The molecule has 0 heterocycles. The van der Waals surface area contributed by atoms with Crippen LogP contribution in [0.4, 0.5) is 22.7 Å². The molecule has 4 aromatic carbocycles. The van der Waals surface area contributed by atoms with Gasteiger partial charge in [-0.15, -0.1) is 0 Å². The average molecular weight is 643 g/mol. The molecule has 0 amide bonds. The molecule has 4 aromatic rings. The van der Waals surface area contributed by atoms with Crippen molar-refractivity contribution in [1.29, 1.82) is 0 Å².